The third kappa shape index (κ3) is 3.49. The van der Waals surface area contributed by atoms with Crippen LogP contribution in [0.4, 0.5) is 0 Å². The molecule has 4 heteroatoms. The van der Waals surface area contributed by atoms with E-state index in [1.165, 1.54) is 10.8 Å². The Hall–Kier alpha value is -3.53. The molecule has 1 heterocycles. The Bertz CT molecular complexity index is 1230. The number of allylic oxidation sites excluding steroid dienone is 1. The summed E-state index contributed by atoms with van der Waals surface area (Å²) < 4.78 is 11.4. The molecule has 0 aliphatic heterocycles. The van der Waals surface area contributed by atoms with Crippen molar-refractivity contribution in [2.45, 2.75) is 13.8 Å². The Morgan fingerprint density at radius 3 is 2.66 bits per heavy atom. The van der Waals surface area contributed by atoms with Gasteiger partial charge in [-0.05, 0) is 41.8 Å². The van der Waals surface area contributed by atoms with Crippen molar-refractivity contribution in [1.82, 2.24) is 5.32 Å². The summed E-state index contributed by atoms with van der Waals surface area (Å²) in [5.74, 6) is 0.558. The zero-order valence-electron chi connectivity index (χ0n) is 16.8. The van der Waals surface area contributed by atoms with Crippen LogP contribution in [0.25, 0.3) is 38.4 Å². The van der Waals surface area contributed by atoms with Gasteiger partial charge in [0.25, 0.3) is 0 Å². The van der Waals surface area contributed by atoms with Crippen LogP contribution < -0.4 is 10.1 Å². The van der Waals surface area contributed by atoms with Crippen LogP contribution in [0, 0.1) is 0 Å². The zero-order chi connectivity index (χ0) is 20.4. The monoisotopic (exact) mass is 385 g/mol. The van der Waals surface area contributed by atoms with Crippen LogP contribution in [-0.4, -0.2) is 19.6 Å². The summed E-state index contributed by atoms with van der Waals surface area (Å²) in [5.41, 5.74) is 4.59. The number of ether oxygens (including phenoxy) is 1. The van der Waals surface area contributed by atoms with Gasteiger partial charge in [-0.3, -0.25) is 4.79 Å². The van der Waals surface area contributed by atoms with Crippen LogP contribution in [0.1, 0.15) is 19.4 Å². The van der Waals surface area contributed by atoms with E-state index in [0.717, 1.165) is 33.2 Å². The fourth-order valence-electron chi connectivity index (χ4n) is 3.70. The van der Waals surface area contributed by atoms with Crippen molar-refractivity contribution in [3.05, 3.63) is 72.5 Å². The predicted molar refractivity (Wildman–Crippen MR) is 118 cm³/mol. The van der Waals surface area contributed by atoms with Gasteiger partial charge in [-0.25, -0.2) is 0 Å². The summed E-state index contributed by atoms with van der Waals surface area (Å²) in [6.07, 6.45) is 3.39. The van der Waals surface area contributed by atoms with Gasteiger partial charge in [-0.2, -0.15) is 0 Å². The van der Waals surface area contributed by atoms with Crippen LogP contribution in [0.3, 0.4) is 0 Å². The molecule has 4 aromatic rings. The number of furan rings is 1. The molecule has 29 heavy (non-hydrogen) atoms. The van der Waals surface area contributed by atoms with E-state index in [4.69, 9.17) is 9.15 Å². The van der Waals surface area contributed by atoms with Crippen molar-refractivity contribution in [3.8, 4) is 16.9 Å². The molecule has 0 bridgehead atoms. The van der Waals surface area contributed by atoms with Gasteiger partial charge in [0.15, 0.2) is 0 Å². The first-order valence-electron chi connectivity index (χ1n) is 9.66. The van der Waals surface area contributed by atoms with Gasteiger partial charge < -0.3 is 14.5 Å². The summed E-state index contributed by atoms with van der Waals surface area (Å²) in [4.78, 5) is 12.0. The first kappa shape index (κ1) is 18.8. The molecule has 1 amide bonds. The molecule has 0 unspecified atom stereocenters. The molecule has 0 aliphatic carbocycles. The fraction of sp³-hybridized carbons (Fsp3) is 0.160. The summed E-state index contributed by atoms with van der Waals surface area (Å²) in [6.45, 7) is 4.40. The van der Waals surface area contributed by atoms with E-state index in [9.17, 15) is 4.79 Å². The highest BCUT2D eigenvalue weighted by molar-refractivity contribution is 6.06. The van der Waals surface area contributed by atoms with Crippen LogP contribution in [0.2, 0.25) is 0 Å². The summed E-state index contributed by atoms with van der Waals surface area (Å²) in [7, 11) is 1.62. The molecule has 0 radical (unpaired) electrons. The molecular weight excluding hydrogens is 362 g/mol. The molecule has 4 nitrogen and oxygen atoms in total. The molecule has 1 aromatic heterocycles. The van der Waals surface area contributed by atoms with Crippen LogP contribution in [-0.2, 0) is 4.79 Å². The van der Waals surface area contributed by atoms with Gasteiger partial charge in [0.1, 0.15) is 11.3 Å². The fourth-order valence-corrected chi connectivity index (χ4v) is 3.70. The smallest absolute Gasteiger partial charge is 0.244 e. The third-order valence-corrected chi connectivity index (χ3v) is 5.10. The third-order valence-electron chi connectivity index (χ3n) is 5.10. The van der Waals surface area contributed by atoms with Crippen LogP contribution in [0.15, 0.2) is 71.4 Å². The van der Waals surface area contributed by atoms with Gasteiger partial charge in [0, 0.05) is 35.2 Å². The van der Waals surface area contributed by atoms with Crippen molar-refractivity contribution in [3.63, 3.8) is 0 Å². The minimum absolute atomic E-state index is 0.117. The van der Waals surface area contributed by atoms with Crippen molar-refractivity contribution >= 4 is 33.2 Å². The van der Waals surface area contributed by atoms with E-state index in [1.807, 2.05) is 38.1 Å². The van der Waals surface area contributed by atoms with Crippen molar-refractivity contribution < 1.29 is 13.9 Å². The zero-order valence-corrected chi connectivity index (χ0v) is 16.8. The van der Waals surface area contributed by atoms with Gasteiger partial charge in [0.05, 0.1) is 13.4 Å². The summed E-state index contributed by atoms with van der Waals surface area (Å²) >= 11 is 0. The number of amides is 1. The quantitative estimate of drug-likeness (QED) is 0.442. The number of methoxy groups -OCH3 is 1. The van der Waals surface area contributed by atoms with Crippen LogP contribution >= 0.6 is 0 Å². The lowest BCUT2D eigenvalue weighted by Crippen LogP contribution is -2.20. The Balaban J connectivity index is 1.91. The van der Waals surface area contributed by atoms with E-state index in [-0.39, 0.29) is 5.91 Å². The SMILES string of the molecule is CCNC(=O)/C=C(\C)c1cc2c(-c3cccc4ccccc34)coc2cc1OC. The summed E-state index contributed by atoms with van der Waals surface area (Å²) in [5, 5.41) is 6.14. The maximum absolute atomic E-state index is 12.0. The molecule has 4 rings (SSSR count). The van der Waals surface area contributed by atoms with Crippen molar-refractivity contribution in [2.24, 2.45) is 0 Å². The van der Waals surface area contributed by atoms with Crippen molar-refractivity contribution in [2.75, 3.05) is 13.7 Å². The number of rotatable bonds is 5. The lowest BCUT2D eigenvalue weighted by Gasteiger charge is -2.10. The number of fused-ring (bicyclic) bond motifs is 2. The molecular formula is C25H23NO3. The second kappa shape index (κ2) is 7.84. The van der Waals surface area contributed by atoms with Crippen molar-refractivity contribution in [1.29, 1.82) is 0 Å². The van der Waals surface area contributed by atoms with Gasteiger partial charge in [-0.15, -0.1) is 0 Å². The largest absolute Gasteiger partial charge is 0.496 e. The minimum atomic E-state index is -0.117. The Labute approximate surface area is 169 Å². The standard InChI is InChI=1S/C25H23NO3/c1-4-26-25(27)12-16(2)20-13-21-22(15-29-24(21)14-23(20)28-3)19-11-7-9-17-8-5-6-10-18(17)19/h5-15H,4H2,1-3H3,(H,26,27)/b16-12+. The number of benzene rings is 3. The lowest BCUT2D eigenvalue weighted by molar-refractivity contribution is -0.116. The molecule has 0 aliphatic rings. The average Bonchev–Trinajstić information content (AvgIpc) is 3.15. The average molecular weight is 385 g/mol. The number of nitrogens with one attached hydrogen (secondary N) is 1. The minimum Gasteiger partial charge on any atom is -0.496 e. The number of carbonyl (C=O) groups excluding carboxylic acids is 1. The molecule has 1 N–H and O–H groups in total. The molecule has 0 saturated heterocycles. The van der Waals surface area contributed by atoms with E-state index >= 15 is 0 Å². The molecule has 0 fully saturated rings. The van der Waals surface area contributed by atoms with Crippen LogP contribution in [0.5, 0.6) is 5.75 Å². The topological polar surface area (TPSA) is 51.5 Å². The van der Waals surface area contributed by atoms with E-state index in [1.54, 1.807) is 19.4 Å². The summed E-state index contributed by atoms with van der Waals surface area (Å²) in [6, 6.07) is 18.5. The normalized spacial score (nSPS) is 11.8. The van der Waals surface area contributed by atoms with Gasteiger partial charge >= 0.3 is 0 Å². The van der Waals surface area contributed by atoms with Gasteiger partial charge in [0.2, 0.25) is 5.91 Å². The van der Waals surface area contributed by atoms with E-state index in [0.29, 0.717) is 12.3 Å². The second-order valence-corrected chi connectivity index (χ2v) is 6.95. The molecule has 0 atom stereocenters. The maximum Gasteiger partial charge on any atom is 0.244 e. The number of hydrogen-bond donors (Lipinski definition) is 1. The highest BCUT2D eigenvalue weighted by atomic mass is 16.5. The molecule has 3 aromatic carbocycles. The Morgan fingerprint density at radius 2 is 1.86 bits per heavy atom. The highest BCUT2D eigenvalue weighted by Crippen LogP contribution is 2.39. The first-order valence-corrected chi connectivity index (χ1v) is 9.66. The predicted octanol–water partition coefficient (Wildman–Crippen LogP) is 5.80. The number of likely N-dealkylation sites (N-methyl/N-ethyl adjacent to an activating group) is 1. The lowest BCUT2D eigenvalue weighted by atomic mass is 9.96. The molecule has 0 spiro atoms. The molecule has 146 valence electrons. The highest BCUT2D eigenvalue weighted by Gasteiger charge is 2.16. The Morgan fingerprint density at radius 1 is 1.07 bits per heavy atom. The number of carbonyl (C=O) groups is 1. The van der Waals surface area contributed by atoms with Gasteiger partial charge in [-0.1, -0.05) is 42.5 Å². The number of hydrogen-bond acceptors (Lipinski definition) is 3. The molecule has 0 saturated carbocycles. The van der Waals surface area contributed by atoms with E-state index < -0.39 is 0 Å². The first-order chi connectivity index (χ1) is 14.1. The maximum atomic E-state index is 12.0. The Kier molecular flexibility index (Phi) is 5.09. The second-order valence-electron chi connectivity index (χ2n) is 6.95. The van der Waals surface area contributed by atoms with E-state index in [2.05, 4.69) is 35.6 Å².